The summed E-state index contributed by atoms with van der Waals surface area (Å²) < 4.78 is 9.86. The van der Waals surface area contributed by atoms with Crippen LogP contribution in [0.4, 0.5) is 0 Å². The van der Waals surface area contributed by atoms with E-state index in [1.807, 2.05) is 0 Å². The van der Waals surface area contributed by atoms with Gasteiger partial charge in [-0.05, 0) is 0 Å². The van der Waals surface area contributed by atoms with Crippen LogP contribution in [-0.2, 0) is 11.2 Å². The highest BCUT2D eigenvalue weighted by atomic mass is 35.5. The van der Waals surface area contributed by atoms with Crippen LogP contribution in [0, 0.1) is 0 Å². The Kier molecular flexibility index (Phi) is 4.38. The zero-order valence-electron chi connectivity index (χ0n) is 9.69. The van der Waals surface area contributed by atoms with Crippen molar-refractivity contribution < 1.29 is 29.3 Å². The number of methoxy groups -OCH3 is 2. The summed E-state index contributed by atoms with van der Waals surface area (Å²) in [4.78, 5) is 21.9. The quantitative estimate of drug-likeness (QED) is 0.848. The summed E-state index contributed by atoms with van der Waals surface area (Å²) in [6.45, 7) is 0. The zero-order chi connectivity index (χ0) is 13.9. The molecule has 0 spiro atoms. The minimum absolute atomic E-state index is 0.000000000000000222. The molecule has 2 N–H and O–H groups in total. The Morgan fingerprint density at radius 3 is 2.17 bits per heavy atom. The lowest BCUT2D eigenvalue weighted by Crippen LogP contribution is -2.11. The number of benzene rings is 1. The van der Waals surface area contributed by atoms with Gasteiger partial charge in [0.05, 0.1) is 25.7 Å². The minimum Gasteiger partial charge on any atom is -0.496 e. The van der Waals surface area contributed by atoms with Gasteiger partial charge in [0.25, 0.3) is 0 Å². The molecule has 0 aliphatic rings. The molecule has 0 aliphatic heterocycles. The number of aromatic carboxylic acids is 1. The van der Waals surface area contributed by atoms with Gasteiger partial charge in [0.1, 0.15) is 17.1 Å². The molecule has 7 heteroatoms. The molecule has 6 nitrogen and oxygen atoms in total. The van der Waals surface area contributed by atoms with Crippen molar-refractivity contribution in [3.05, 3.63) is 22.2 Å². The molecule has 0 saturated heterocycles. The lowest BCUT2D eigenvalue weighted by atomic mass is 10.0. The SMILES string of the molecule is COc1cc(OC)c(C(=O)O)c(CC(=O)O)c1Cl. The highest BCUT2D eigenvalue weighted by Gasteiger charge is 2.24. The number of carboxylic acids is 2. The van der Waals surface area contributed by atoms with Gasteiger partial charge in [0.2, 0.25) is 0 Å². The molecule has 1 aromatic rings. The predicted octanol–water partition coefficient (Wildman–Crippen LogP) is 1.68. The molecule has 1 aromatic carbocycles. The summed E-state index contributed by atoms with van der Waals surface area (Å²) in [5.41, 5.74) is -0.321. The van der Waals surface area contributed by atoms with Crippen LogP contribution in [0.2, 0.25) is 5.02 Å². The lowest BCUT2D eigenvalue weighted by Gasteiger charge is -2.14. The van der Waals surface area contributed by atoms with E-state index in [1.165, 1.54) is 20.3 Å². The van der Waals surface area contributed by atoms with Crippen LogP contribution in [0.1, 0.15) is 15.9 Å². The first-order valence-corrected chi connectivity index (χ1v) is 5.18. The lowest BCUT2D eigenvalue weighted by molar-refractivity contribution is -0.136. The van der Waals surface area contributed by atoms with Gasteiger partial charge in [-0.2, -0.15) is 0 Å². The Morgan fingerprint density at radius 1 is 1.22 bits per heavy atom. The summed E-state index contributed by atoms with van der Waals surface area (Å²) in [7, 11) is 2.62. The molecule has 0 saturated carbocycles. The average molecular weight is 275 g/mol. The maximum Gasteiger partial charge on any atom is 0.339 e. The topological polar surface area (TPSA) is 93.1 Å². The molecular formula is C11H11ClO6. The molecule has 0 bridgehead atoms. The first-order chi connectivity index (χ1) is 8.42. The van der Waals surface area contributed by atoms with Crippen LogP contribution in [0.25, 0.3) is 0 Å². The van der Waals surface area contributed by atoms with Crippen LogP contribution in [-0.4, -0.2) is 36.4 Å². The van der Waals surface area contributed by atoms with Crippen molar-refractivity contribution in [3.63, 3.8) is 0 Å². The van der Waals surface area contributed by atoms with Gasteiger partial charge < -0.3 is 19.7 Å². The fourth-order valence-electron chi connectivity index (χ4n) is 1.52. The summed E-state index contributed by atoms with van der Waals surface area (Å²) in [6, 6.07) is 1.30. The number of hydrogen-bond donors (Lipinski definition) is 2. The van der Waals surface area contributed by atoms with E-state index < -0.39 is 18.4 Å². The molecule has 0 fully saturated rings. The van der Waals surface area contributed by atoms with E-state index in [0.717, 1.165) is 0 Å². The van der Waals surface area contributed by atoms with Gasteiger partial charge in [-0.3, -0.25) is 4.79 Å². The van der Waals surface area contributed by atoms with Crippen molar-refractivity contribution in [2.75, 3.05) is 14.2 Å². The second-order valence-electron chi connectivity index (χ2n) is 3.32. The van der Waals surface area contributed by atoms with E-state index in [2.05, 4.69) is 0 Å². The molecule has 1 rings (SSSR count). The monoisotopic (exact) mass is 274 g/mol. The standard InChI is InChI=1S/C11H11ClO6/c1-17-6-4-7(18-2)10(12)5(3-8(13)14)9(6)11(15)16/h4H,3H2,1-2H3,(H,13,14)(H,15,16). The first-order valence-electron chi connectivity index (χ1n) is 4.80. The van der Waals surface area contributed by atoms with E-state index in [0.29, 0.717) is 0 Å². The minimum atomic E-state index is -1.31. The number of carbonyl (C=O) groups is 2. The smallest absolute Gasteiger partial charge is 0.339 e. The van der Waals surface area contributed by atoms with E-state index in [1.54, 1.807) is 0 Å². The third kappa shape index (κ3) is 2.65. The highest BCUT2D eigenvalue weighted by Crippen LogP contribution is 2.37. The van der Waals surface area contributed by atoms with Crippen molar-refractivity contribution in [2.45, 2.75) is 6.42 Å². The van der Waals surface area contributed by atoms with Crippen LogP contribution >= 0.6 is 11.6 Å². The maximum absolute atomic E-state index is 11.2. The normalized spacial score (nSPS) is 9.94. The van der Waals surface area contributed by atoms with Gasteiger partial charge in [-0.1, -0.05) is 11.6 Å². The number of halogens is 1. The Morgan fingerprint density at radius 2 is 1.78 bits per heavy atom. The molecule has 98 valence electrons. The van der Waals surface area contributed by atoms with Crippen molar-refractivity contribution in [2.24, 2.45) is 0 Å². The summed E-state index contributed by atoms with van der Waals surface area (Å²) in [5, 5.41) is 17.9. The van der Waals surface area contributed by atoms with Crippen LogP contribution in [0.3, 0.4) is 0 Å². The summed E-state index contributed by atoms with van der Waals surface area (Å²) in [5.74, 6) is -2.35. The Hall–Kier alpha value is -1.95. The van der Waals surface area contributed by atoms with Crippen molar-refractivity contribution in [1.82, 2.24) is 0 Å². The summed E-state index contributed by atoms with van der Waals surface area (Å²) in [6.07, 6.45) is -0.534. The summed E-state index contributed by atoms with van der Waals surface area (Å²) >= 11 is 5.92. The van der Waals surface area contributed by atoms with Crippen molar-refractivity contribution in [3.8, 4) is 11.5 Å². The van der Waals surface area contributed by atoms with Gasteiger partial charge in [0, 0.05) is 11.6 Å². The third-order valence-electron chi connectivity index (χ3n) is 2.27. The molecule has 0 aliphatic carbocycles. The van der Waals surface area contributed by atoms with Gasteiger partial charge in [-0.15, -0.1) is 0 Å². The number of aliphatic carboxylic acids is 1. The Labute approximate surface area is 108 Å². The molecular weight excluding hydrogens is 264 g/mol. The van der Waals surface area contributed by atoms with E-state index in [4.69, 9.17) is 31.3 Å². The number of ether oxygens (including phenoxy) is 2. The maximum atomic E-state index is 11.2. The predicted molar refractivity (Wildman–Crippen MR) is 62.9 cm³/mol. The van der Waals surface area contributed by atoms with Crippen molar-refractivity contribution in [1.29, 1.82) is 0 Å². The largest absolute Gasteiger partial charge is 0.496 e. The fourth-order valence-corrected chi connectivity index (χ4v) is 1.82. The van der Waals surface area contributed by atoms with E-state index >= 15 is 0 Å². The zero-order valence-corrected chi connectivity index (χ0v) is 10.4. The van der Waals surface area contributed by atoms with Crippen LogP contribution in [0.15, 0.2) is 6.07 Å². The van der Waals surface area contributed by atoms with Gasteiger partial charge >= 0.3 is 11.9 Å². The van der Waals surface area contributed by atoms with E-state index in [9.17, 15) is 9.59 Å². The van der Waals surface area contributed by atoms with Crippen molar-refractivity contribution >= 4 is 23.5 Å². The van der Waals surface area contributed by atoms with Crippen LogP contribution in [0.5, 0.6) is 11.5 Å². The second kappa shape index (κ2) is 5.59. The number of hydrogen-bond acceptors (Lipinski definition) is 4. The molecule has 0 atom stereocenters. The van der Waals surface area contributed by atoms with E-state index in [-0.39, 0.29) is 27.6 Å². The molecule has 0 radical (unpaired) electrons. The van der Waals surface area contributed by atoms with Gasteiger partial charge in [0.15, 0.2) is 0 Å². The Bertz CT molecular complexity index is 497. The number of carboxylic acid groups (broad SMARTS) is 2. The fraction of sp³-hybridized carbons (Fsp3) is 0.273. The Balaban J connectivity index is 3.58. The molecule has 0 heterocycles. The van der Waals surface area contributed by atoms with Crippen LogP contribution < -0.4 is 9.47 Å². The van der Waals surface area contributed by atoms with Gasteiger partial charge in [-0.25, -0.2) is 4.79 Å². The number of rotatable bonds is 5. The second-order valence-corrected chi connectivity index (χ2v) is 3.70. The first kappa shape index (κ1) is 14.1. The molecule has 0 unspecified atom stereocenters. The molecule has 0 aromatic heterocycles. The molecule has 0 amide bonds. The third-order valence-corrected chi connectivity index (χ3v) is 2.69. The molecule has 18 heavy (non-hydrogen) atoms. The average Bonchev–Trinajstić information content (AvgIpc) is 2.30. The highest BCUT2D eigenvalue weighted by molar-refractivity contribution is 6.33.